The van der Waals surface area contributed by atoms with E-state index in [4.69, 9.17) is 9.98 Å². The minimum Gasteiger partial charge on any atom is -0.252 e. The van der Waals surface area contributed by atoms with Crippen molar-refractivity contribution in [1.82, 2.24) is 0 Å². The van der Waals surface area contributed by atoms with E-state index in [-0.39, 0.29) is 0 Å². The summed E-state index contributed by atoms with van der Waals surface area (Å²) in [5.74, 6) is 0. The second-order valence-corrected chi connectivity index (χ2v) is 17.3. The third-order valence-electron chi connectivity index (χ3n) is 11.9. The van der Waals surface area contributed by atoms with Crippen LogP contribution in [-0.2, 0) is 25.7 Å². The van der Waals surface area contributed by atoms with Crippen LogP contribution in [0.15, 0.2) is 46.4 Å². The van der Waals surface area contributed by atoms with Crippen LogP contribution in [0.1, 0.15) is 256 Å². The van der Waals surface area contributed by atoms with Gasteiger partial charge in [0.25, 0.3) is 0 Å². The second-order valence-electron chi connectivity index (χ2n) is 17.3. The number of aliphatic imine (C=N–C) groups is 2. The van der Waals surface area contributed by atoms with Gasteiger partial charge in [-0.2, -0.15) is 0 Å². The highest BCUT2D eigenvalue weighted by molar-refractivity contribution is 6.43. The zero-order valence-electron chi connectivity index (χ0n) is 38.4. The normalized spacial score (nSPS) is 12.2. The van der Waals surface area contributed by atoms with Gasteiger partial charge in [0.2, 0.25) is 0 Å². The zero-order valence-corrected chi connectivity index (χ0v) is 38.4. The Hall–Kier alpha value is -2.22. The quantitative estimate of drug-likeness (QED) is 0.0483. The maximum atomic E-state index is 5.51. The second kappa shape index (κ2) is 34.8. The first-order valence-electron chi connectivity index (χ1n) is 25.0. The smallest absolute Gasteiger partial charge is 0.0636 e. The predicted octanol–water partition coefficient (Wildman–Crippen LogP) is 18.5. The molecule has 0 amide bonds. The number of aryl methyl sites for hydroxylation is 4. The molecule has 2 rings (SSSR count). The Kier molecular flexibility index (Phi) is 31.0. The van der Waals surface area contributed by atoms with Crippen molar-refractivity contribution in [3.8, 4) is 0 Å². The fraction of sp³-hybridized carbons (Fsp3) is 0.741. The number of nitrogens with zero attached hydrogens (tertiary/aromatic N) is 2. The van der Waals surface area contributed by atoms with Crippen LogP contribution in [-0.4, -0.2) is 11.4 Å². The van der Waals surface area contributed by atoms with Crippen molar-refractivity contribution in [3.05, 3.63) is 58.7 Å². The molecule has 0 unspecified atom stereocenters. The summed E-state index contributed by atoms with van der Waals surface area (Å²) in [5, 5.41) is 0. The van der Waals surface area contributed by atoms with E-state index in [2.05, 4.69) is 77.9 Å². The van der Waals surface area contributed by atoms with Gasteiger partial charge in [0.15, 0.2) is 0 Å². The number of hydrogen-bond donors (Lipinski definition) is 0. The number of rotatable bonds is 37. The van der Waals surface area contributed by atoms with Gasteiger partial charge in [-0.05, 0) is 97.9 Å². The van der Waals surface area contributed by atoms with E-state index >= 15 is 0 Å². The van der Waals surface area contributed by atoms with Crippen molar-refractivity contribution in [2.75, 3.05) is 0 Å². The molecule has 2 aromatic carbocycles. The summed E-state index contributed by atoms with van der Waals surface area (Å²) in [6, 6.07) is 14.1. The standard InChI is InChI=1S/C54H92N2/c1-7-13-15-17-18-19-20-21-22-23-24-25-26-27-28-29-30-31-32-34-40-54(56-52-44-42-48(36-10-4)50(46-52)38-12-6)53(39-33-16-14-8-2)55-51-43-41-47(35-9-3)49(45-51)37-11-5/h41-46H,7-40H2,1-6H3. The van der Waals surface area contributed by atoms with E-state index in [0.717, 1.165) is 49.9 Å². The Bertz CT molecular complexity index is 1290. The molecule has 2 nitrogen and oxygen atoms in total. The van der Waals surface area contributed by atoms with Crippen LogP contribution in [0.5, 0.6) is 0 Å². The fourth-order valence-electron chi connectivity index (χ4n) is 8.50. The summed E-state index contributed by atoms with van der Waals surface area (Å²) in [6.07, 6.45) is 44.7. The van der Waals surface area contributed by atoms with Crippen LogP contribution in [0.4, 0.5) is 11.4 Å². The van der Waals surface area contributed by atoms with Crippen LogP contribution in [0, 0.1) is 0 Å². The van der Waals surface area contributed by atoms with Crippen molar-refractivity contribution in [2.24, 2.45) is 9.98 Å². The molecular weight excluding hydrogens is 677 g/mol. The summed E-state index contributed by atoms with van der Waals surface area (Å²) in [5.41, 5.74) is 10.7. The van der Waals surface area contributed by atoms with Crippen LogP contribution < -0.4 is 0 Å². The molecule has 0 aliphatic rings. The molecule has 2 heteroatoms. The van der Waals surface area contributed by atoms with E-state index < -0.39 is 0 Å². The molecule has 0 aromatic heterocycles. The lowest BCUT2D eigenvalue weighted by Gasteiger charge is -2.14. The van der Waals surface area contributed by atoms with Crippen LogP contribution in [0.25, 0.3) is 0 Å². The largest absolute Gasteiger partial charge is 0.252 e. The summed E-state index contributed by atoms with van der Waals surface area (Å²) in [7, 11) is 0. The number of hydrogen-bond acceptors (Lipinski definition) is 2. The summed E-state index contributed by atoms with van der Waals surface area (Å²) in [6.45, 7) is 13.8. The average molecular weight is 769 g/mol. The number of unbranched alkanes of at least 4 members (excludes halogenated alkanes) is 22. The van der Waals surface area contributed by atoms with E-state index in [1.54, 1.807) is 0 Å². The molecule has 0 bridgehead atoms. The maximum Gasteiger partial charge on any atom is 0.0636 e. The van der Waals surface area contributed by atoms with Crippen LogP contribution >= 0.6 is 0 Å². The van der Waals surface area contributed by atoms with Gasteiger partial charge in [-0.15, -0.1) is 0 Å². The molecule has 0 atom stereocenters. The highest BCUT2D eigenvalue weighted by Crippen LogP contribution is 2.26. The fourth-order valence-corrected chi connectivity index (χ4v) is 8.50. The van der Waals surface area contributed by atoms with Gasteiger partial charge in [-0.25, -0.2) is 0 Å². The van der Waals surface area contributed by atoms with Gasteiger partial charge < -0.3 is 0 Å². The lowest BCUT2D eigenvalue weighted by atomic mass is 9.97. The van der Waals surface area contributed by atoms with Crippen molar-refractivity contribution in [1.29, 1.82) is 0 Å². The van der Waals surface area contributed by atoms with Crippen LogP contribution in [0.3, 0.4) is 0 Å². The van der Waals surface area contributed by atoms with Gasteiger partial charge in [-0.1, -0.05) is 221 Å². The molecule has 0 fully saturated rings. The van der Waals surface area contributed by atoms with Gasteiger partial charge >= 0.3 is 0 Å². The Labute approximate surface area is 350 Å². The topological polar surface area (TPSA) is 24.7 Å². The van der Waals surface area contributed by atoms with E-state index in [1.165, 1.54) is 213 Å². The van der Waals surface area contributed by atoms with Crippen LogP contribution in [0.2, 0.25) is 0 Å². The van der Waals surface area contributed by atoms with Crippen molar-refractivity contribution in [2.45, 2.75) is 260 Å². The summed E-state index contributed by atoms with van der Waals surface area (Å²) < 4.78 is 0. The van der Waals surface area contributed by atoms with E-state index in [1.807, 2.05) is 0 Å². The van der Waals surface area contributed by atoms with E-state index in [0.29, 0.717) is 0 Å². The van der Waals surface area contributed by atoms with Gasteiger partial charge in [0.1, 0.15) is 0 Å². The molecule has 318 valence electrons. The van der Waals surface area contributed by atoms with E-state index in [9.17, 15) is 0 Å². The predicted molar refractivity (Wildman–Crippen MR) is 254 cm³/mol. The summed E-state index contributed by atoms with van der Waals surface area (Å²) >= 11 is 0. The third-order valence-corrected chi connectivity index (χ3v) is 11.9. The Balaban J connectivity index is 2.00. The molecule has 0 aliphatic carbocycles. The first kappa shape index (κ1) is 49.9. The van der Waals surface area contributed by atoms with Gasteiger partial charge in [0.05, 0.1) is 22.8 Å². The van der Waals surface area contributed by atoms with Gasteiger partial charge in [-0.3, -0.25) is 9.98 Å². The first-order valence-corrected chi connectivity index (χ1v) is 25.0. The SMILES string of the molecule is CCCCCCCCCCCCCCCCCCCCCCC(=Nc1ccc(CCC)c(CCC)c1)C(CCCCCC)=Nc1ccc(CCC)c(CCC)c1. The zero-order chi connectivity index (χ0) is 40.3. The first-order chi connectivity index (χ1) is 27.6. The molecule has 0 aliphatic heterocycles. The monoisotopic (exact) mass is 769 g/mol. The third kappa shape index (κ3) is 23.3. The molecule has 0 saturated heterocycles. The lowest BCUT2D eigenvalue weighted by Crippen LogP contribution is -2.14. The molecule has 0 N–H and O–H groups in total. The minimum atomic E-state index is 1.02. The molecule has 0 radical (unpaired) electrons. The highest BCUT2D eigenvalue weighted by atomic mass is 14.8. The average Bonchev–Trinajstić information content (AvgIpc) is 3.20. The summed E-state index contributed by atoms with van der Waals surface area (Å²) in [4.78, 5) is 11.0. The Morgan fingerprint density at radius 1 is 0.304 bits per heavy atom. The van der Waals surface area contributed by atoms with Gasteiger partial charge in [0, 0.05) is 0 Å². The Morgan fingerprint density at radius 2 is 0.571 bits per heavy atom. The molecule has 0 saturated carbocycles. The minimum absolute atomic E-state index is 1.02. The highest BCUT2D eigenvalue weighted by Gasteiger charge is 2.13. The maximum absolute atomic E-state index is 5.51. The number of benzene rings is 2. The molecule has 0 heterocycles. The molecule has 0 spiro atoms. The van der Waals surface area contributed by atoms with Crippen molar-refractivity contribution < 1.29 is 0 Å². The molecule has 56 heavy (non-hydrogen) atoms. The Morgan fingerprint density at radius 3 is 0.875 bits per heavy atom. The molecular formula is C54H92N2. The molecule has 2 aromatic rings. The van der Waals surface area contributed by atoms with Crippen molar-refractivity contribution >= 4 is 22.8 Å². The van der Waals surface area contributed by atoms with Crippen molar-refractivity contribution in [3.63, 3.8) is 0 Å². The lowest BCUT2D eigenvalue weighted by molar-refractivity contribution is 0.522.